The molecule has 0 aliphatic carbocycles. The van der Waals surface area contributed by atoms with Crippen molar-refractivity contribution in [2.45, 2.75) is 45.6 Å². The molecule has 0 bridgehead atoms. The van der Waals surface area contributed by atoms with E-state index in [1.807, 2.05) is 17.0 Å². The highest BCUT2D eigenvalue weighted by Crippen LogP contribution is 2.43. The number of rotatable bonds is 1. The zero-order valence-corrected chi connectivity index (χ0v) is 15.3. The molecule has 1 N–H and O–H groups in total. The molecule has 1 atom stereocenters. The van der Waals surface area contributed by atoms with Gasteiger partial charge in [-0.25, -0.2) is 4.79 Å². The summed E-state index contributed by atoms with van der Waals surface area (Å²) in [5, 5.41) is 3.59. The largest absolute Gasteiger partial charge is 0.326 e. The number of fused-ring (bicyclic) bond motifs is 1. The van der Waals surface area contributed by atoms with Gasteiger partial charge in [0.05, 0.1) is 0 Å². The fourth-order valence-corrected chi connectivity index (χ4v) is 3.87. The second kappa shape index (κ2) is 6.14. The summed E-state index contributed by atoms with van der Waals surface area (Å²) in [6.45, 7) is 8.54. The molecular weight excluding hydrogens is 320 g/mol. The van der Waals surface area contributed by atoms with Crippen molar-refractivity contribution in [3.05, 3.63) is 58.6 Å². The zero-order chi connectivity index (χ0) is 17.5. The molecule has 0 radical (unpaired) electrons. The van der Waals surface area contributed by atoms with Crippen LogP contribution in [0, 0.1) is 6.92 Å². The quantitative estimate of drug-likeness (QED) is 0.680. The highest BCUT2D eigenvalue weighted by Gasteiger charge is 2.40. The Labute approximate surface area is 148 Å². The van der Waals surface area contributed by atoms with Gasteiger partial charge < -0.3 is 5.32 Å². The Balaban J connectivity index is 1.98. The molecule has 2 aromatic carbocycles. The van der Waals surface area contributed by atoms with E-state index in [-0.39, 0.29) is 11.6 Å². The van der Waals surface area contributed by atoms with Crippen molar-refractivity contribution in [1.29, 1.82) is 0 Å². The number of anilines is 2. The van der Waals surface area contributed by atoms with E-state index < -0.39 is 0 Å². The van der Waals surface area contributed by atoms with Crippen LogP contribution in [0.3, 0.4) is 0 Å². The monoisotopic (exact) mass is 342 g/mol. The molecule has 0 saturated carbocycles. The topological polar surface area (TPSA) is 32.3 Å². The molecule has 2 aromatic rings. The van der Waals surface area contributed by atoms with Crippen LogP contribution in [0.2, 0.25) is 5.02 Å². The van der Waals surface area contributed by atoms with Gasteiger partial charge in [-0.1, -0.05) is 42.3 Å². The first-order valence-electron chi connectivity index (χ1n) is 8.25. The van der Waals surface area contributed by atoms with Gasteiger partial charge in [0.25, 0.3) is 0 Å². The summed E-state index contributed by atoms with van der Waals surface area (Å²) in [7, 11) is 0. The van der Waals surface area contributed by atoms with Crippen LogP contribution in [-0.2, 0) is 0 Å². The Morgan fingerprint density at radius 1 is 1.25 bits per heavy atom. The molecule has 1 aliphatic heterocycles. The number of carbonyl (C=O) groups is 1. The number of amides is 2. The summed E-state index contributed by atoms with van der Waals surface area (Å²) in [4.78, 5) is 14.9. The number of carbonyl (C=O) groups excluding carboxylic acids is 1. The summed E-state index contributed by atoms with van der Waals surface area (Å²) in [6.07, 6.45) is 0.923. The molecule has 1 aliphatic rings. The Kier molecular flexibility index (Phi) is 4.31. The van der Waals surface area contributed by atoms with Crippen molar-refractivity contribution >= 4 is 29.0 Å². The van der Waals surface area contributed by atoms with Gasteiger partial charge in [-0.2, -0.15) is 0 Å². The molecule has 0 unspecified atom stereocenters. The maximum Gasteiger partial charge on any atom is 0.326 e. The van der Waals surface area contributed by atoms with E-state index in [1.54, 1.807) is 12.1 Å². The minimum Gasteiger partial charge on any atom is -0.307 e. The van der Waals surface area contributed by atoms with Crippen LogP contribution >= 0.6 is 11.6 Å². The van der Waals surface area contributed by atoms with Gasteiger partial charge in [0.15, 0.2) is 0 Å². The van der Waals surface area contributed by atoms with E-state index in [1.165, 1.54) is 11.1 Å². The van der Waals surface area contributed by atoms with E-state index >= 15 is 0 Å². The molecule has 4 heteroatoms. The standard InChI is InChI=1S/C20H23ClN2O/c1-13-8-9-18-17(10-13)14(2)12-20(3,4)23(18)19(24)22-16-7-5-6-15(21)11-16/h5-11,14H,12H2,1-4H3,(H,22,24)/t14-/m1/s1. The summed E-state index contributed by atoms with van der Waals surface area (Å²) in [6, 6.07) is 13.4. The van der Waals surface area contributed by atoms with Crippen molar-refractivity contribution in [2.75, 3.05) is 10.2 Å². The first-order valence-corrected chi connectivity index (χ1v) is 8.63. The summed E-state index contributed by atoms with van der Waals surface area (Å²) >= 11 is 6.02. The molecule has 3 rings (SSSR count). The molecule has 0 fully saturated rings. The predicted octanol–water partition coefficient (Wildman–Crippen LogP) is 5.97. The van der Waals surface area contributed by atoms with Crippen molar-refractivity contribution < 1.29 is 4.79 Å². The minimum absolute atomic E-state index is 0.126. The Bertz CT molecular complexity index is 785. The maximum atomic E-state index is 13.0. The predicted molar refractivity (Wildman–Crippen MR) is 101 cm³/mol. The van der Waals surface area contributed by atoms with Crippen LogP contribution in [0.1, 0.15) is 44.2 Å². The Morgan fingerprint density at radius 2 is 2.00 bits per heavy atom. The second-order valence-electron chi connectivity index (χ2n) is 7.26. The Hall–Kier alpha value is -2.00. The molecule has 0 saturated heterocycles. The first kappa shape index (κ1) is 16.8. The summed E-state index contributed by atoms with van der Waals surface area (Å²) in [5.74, 6) is 0.421. The fourth-order valence-electron chi connectivity index (χ4n) is 3.68. The average Bonchev–Trinajstić information content (AvgIpc) is 2.47. The van der Waals surface area contributed by atoms with E-state index in [9.17, 15) is 4.79 Å². The van der Waals surface area contributed by atoms with Crippen LogP contribution in [0.15, 0.2) is 42.5 Å². The second-order valence-corrected chi connectivity index (χ2v) is 7.69. The number of nitrogens with one attached hydrogen (secondary N) is 1. The lowest BCUT2D eigenvalue weighted by Crippen LogP contribution is -2.53. The third-order valence-corrected chi connectivity index (χ3v) is 4.88. The van der Waals surface area contributed by atoms with Gasteiger partial charge in [-0.15, -0.1) is 0 Å². The Morgan fingerprint density at radius 3 is 2.71 bits per heavy atom. The van der Waals surface area contributed by atoms with Crippen LogP contribution in [-0.4, -0.2) is 11.6 Å². The van der Waals surface area contributed by atoms with E-state index in [2.05, 4.69) is 51.2 Å². The SMILES string of the molecule is Cc1ccc2c(c1)[C@H](C)CC(C)(C)N2C(=O)Nc1cccc(Cl)c1. The smallest absolute Gasteiger partial charge is 0.307 e. The van der Waals surface area contributed by atoms with Crippen LogP contribution in [0.4, 0.5) is 16.2 Å². The van der Waals surface area contributed by atoms with Crippen molar-refractivity contribution in [2.24, 2.45) is 0 Å². The molecular formula is C20H23ClN2O. The number of urea groups is 1. The van der Waals surface area contributed by atoms with Crippen LogP contribution < -0.4 is 10.2 Å². The summed E-state index contributed by atoms with van der Waals surface area (Å²) in [5.41, 5.74) is 3.88. The molecule has 24 heavy (non-hydrogen) atoms. The third kappa shape index (κ3) is 3.13. The normalized spacial score (nSPS) is 18.9. The van der Waals surface area contributed by atoms with Crippen molar-refractivity contribution in [3.8, 4) is 0 Å². The molecule has 3 nitrogen and oxygen atoms in total. The van der Waals surface area contributed by atoms with Gasteiger partial charge in [0.2, 0.25) is 0 Å². The van der Waals surface area contributed by atoms with E-state index in [0.717, 1.165) is 12.1 Å². The molecule has 1 heterocycles. The van der Waals surface area contributed by atoms with E-state index in [4.69, 9.17) is 11.6 Å². The number of hydrogen-bond donors (Lipinski definition) is 1. The highest BCUT2D eigenvalue weighted by atomic mass is 35.5. The van der Waals surface area contributed by atoms with Gasteiger partial charge in [-0.05, 0) is 62.9 Å². The zero-order valence-electron chi connectivity index (χ0n) is 14.6. The lowest BCUT2D eigenvalue weighted by atomic mass is 9.80. The lowest BCUT2D eigenvalue weighted by Gasteiger charge is -2.45. The fraction of sp³-hybridized carbons (Fsp3) is 0.350. The number of halogens is 1. The van der Waals surface area contributed by atoms with Crippen LogP contribution in [0.25, 0.3) is 0 Å². The van der Waals surface area contributed by atoms with E-state index in [0.29, 0.717) is 16.6 Å². The van der Waals surface area contributed by atoms with Crippen molar-refractivity contribution in [1.82, 2.24) is 0 Å². The average molecular weight is 343 g/mol. The molecule has 0 spiro atoms. The van der Waals surface area contributed by atoms with Gasteiger partial charge >= 0.3 is 6.03 Å². The van der Waals surface area contributed by atoms with Gasteiger partial charge in [-0.3, -0.25) is 4.90 Å². The number of hydrogen-bond acceptors (Lipinski definition) is 1. The number of benzene rings is 2. The first-order chi connectivity index (χ1) is 11.3. The maximum absolute atomic E-state index is 13.0. The number of aryl methyl sites for hydroxylation is 1. The molecule has 2 amide bonds. The molecule has 126 valence electrons. The minimum atomic E-state index is -0.260. The summed E-state index contributed by atoms with van der Waals surface area (Å²) < 4.78 is 0. The van der Waals surface area contributed by atoms with Gasteiger partial charge in [0, 0.05) is 21.9 Å². The third-order valence-electron chi connectivity index (χ3n) is 4.64. The van der Waals surface area contributed by atoms with Crippen LogP contribution in [0.5, 0.6) is 0 Å². The van der Waals surface area contributed by atoms with Crippen molar-refractivity contribution in [3.63, 3.8) is 0 Å². The van der Waals surface area contributed by atoms with Gasteiger partial charge in [0.1, 0.15) is 0 Å². The number of nitrogens with zero attached hydrogens (tertiary/aromatic N) is 1. The molecule has 0 aromatic heterocycles. The lowest BCUT2D eigenvalue weighted by molar-refractivity contribution is 0.247. The highest BCUT2D eigenvalue weighted by molar-refractivity contribution is 6.30.